The number of nitrogens with zero attached hydrogens (tertiary/aromatic N) is 2. The van der Waals surface area contributed by atoms with Crippen molar-refractivity contribution in [2.75, 3.05) is 12.4 Å². The molecule has 1 saturated carbocycles. The summed E-state index contributed by atoms with van der Waals surface area (Å²) < 4.78 is 6.78. The van der Waals surface area contributed by atoms with E-state index in [9.17, 15) is 4.79 Å². The van der Waals surface area contributed by atoms with E-state index in [4.69, 9.17) is 9.72 Å². The fourth-order valence-electron chi connectivity index (χ4n) is 3.92. The van der Waals surface area contributed by atoms with Gasteiger partial charge in [-0.3, -0.25) is 5.10 Å². The lowest BCUT2D eigenvalue weighted by atomic mass is 10.1. The van der Waals surface area contributed by atoms with Crippen LogP contribution in [0.25, 0.3) is 16.9 Å². The molecule has 3 aromatic rings. The molecule has 6 heteroatoms. The number of fused-ring (bicyclic) bond motifs is 1. The number of anilines is 1. The number of aromatic nitrogens is 3. The first-order valence-corrected chi connectivity index (χ1v) is 9.69. The Kier molecular flexibility index (Phi) is 4.88. The molecular formula is C21H26N4O2. The molecule has 6 nitrogen and oxygen atoms in total. The van der Waals surface area contributed by atoms with E-state index in [2.05, 4.69) is 35.5 Å². The van der Waals surface area contributed by atoms with Gasteiger partial charge >= 0.3 is 5.97 Å². The molecule has 27 heavy (non-hydrogen) atoms. The summed E-state index contributed by atoms with van der Waals surface area (Å²) in [6.07, 6.45) is 9.08. The summed E-state index contributed by atoms with van der Waals surface area (Å²) >= 11 is 0. The lowest BCUT2D eigenvalue weighted by molar-refractivity contribution is 0.0602. The van der Waals surface area contributed by atoms with Crippen LogP contribution in [0.4, 0.5) is 5.82 Å². The number of H-pyrrole nitrogens is 1. The van der Waals surface area contributed by atoms with E-state index in [0.717, 1.165) is 29.9 Å². The van der Waals surface area contributed by atoms with Gasteiger partial charge in [0.2, 0.25) is 0 Å². The molecule has 0 aliphatic heterocycles. The lowest BCUT2D eigenvalue weighted by Gasteiger charge is -2.18. The first-order chi connectivity index (χ1) is 13.2. The Bertz CT molecular complexity index is 948. The fourth-order valence-corrected chi connectivity index (χ4v) is 3.92. The van der Waals surface area contributed by atoms with E-state index in [1.54, 1.807) is 6.20 Å². The van der Waals surface area contributed by atoms with Crippen molar-refractivity contribution in [3.05, 3.63) is 41.6 Å². The number of rotatable bonds is 4. The second-order valence-electron chi connectivity index (χ2n) is 7.35. The van der Waals surface area contributed by atoms with Crippen molar-refractivity contribution in [2.24, 2.45) is 0 Å². The van der Waals surface area contributed by atoms with Gasteiger partial charge in [0.25, 0.3) is 0 Å². The van der Waals surface area contributed by atoms with E-state index in [0.29, 0.717) is 17.3 Å². The second-order valence-corrected chi connectivity index (χ2v) is 7.35. The molecule has 2 aromatic heterocycles. The van der Waals surface area contributed by atoms with Gasteiger partial charge in [-0.05, 0) is 25.8 Å². The molecule has 0 unspecified atom stereocenters. The Morgan fingerprint density at radius 1 is 1.26 bits per heavy atom. The third kappa shape index (κ3) is 3.44. The van der Waals surface area contributed by atoms with Gasteiger partial charge in [-0.15, -0.1) is 0 Å². The van der Waals surface area contributed by atoms with Crippen LogP contribution in [-0.4, -0.2) is 33.7 Å². The Hall–Kier alpha value is -2.76. The van der Waals surface area contributed by atoms with E-state index in [-0.39, 0.29) is 5.97 Å². The number of nitrogens with one attached hydrogen (secondary N) is 2. The summed E-state index contributed by atoms with van der Waals surface area (Å²) in [6, 6.07) is 8.71. The van der Waals surface area contributed by atoms with Crippen LogP contribution in [-0.2, 0) is 4.74 Å². The maximum Gasteiger partial charge on any atom is 0.343 e. The third-order valence-corrected chi connectivity index (χ3v) is 5.35. The monoisotopic (exact) mass is 366 g/mol. The van der Waals surface area contributed by atoms with Crippen LogP contribution in [0.5, 0.6) is 0 Å². The lowest BCUT2D eigenvalue weighted by Crippen LogP contribution is -2.20. The predicted octanol–water partition coefficient (Wildman–Crippen LogP) is 4.56. The van der Waals surface area contributed by atoms with E-state index in [1.807, 2.05) is 10.6 Å². The van der Waals surface area contributed by atoms with Gasteiger partial charge in [0.1, 0.15) is 11.3 Å². The van der Waals surface area contributed by atoms with Gasteiger partial charge in [0.15, 0.2) is 11.5 Å². The largest absolute Gasteiger partial charge is 0.465 e. The molecule has 1 aromatic carbocycles. The maximum absolute atomic E-state index is 12.1. The minimum absolute atomic E-state index is 0.386. The number of hydrogen-bond acceptors (Lipinski definition) is 4. The SMILES string of the molecule is COC(=O)c1c[nH]n2c(NC3CCCCCC3)c(-c3cccc(C)c3)nc12. The van der Waals surface area contributed by atoms with Crippen LogP contribution in [0.2, 0.25) is 0 Å². The highest BCUT2D eigenvalue weighted by Crippen LogP contribution is 2.32. The van der Waals surface area contributed by atoms with Crippen molar-refractivity contribution < 1.29 is 9.53 Å². The number of imidazole rings is 1. The zero-order valence-corrected chi connectivity index (χ0v) is 15.9. The topological polar surface area (TPSA) is 71.4 Å². The van der Waals surface area contributed by atoms with E-state index in [1.165, 1.54) is 38.4 Å². The second kappa shape index (κ2) is 7.47. The van der Waals surface area contributed by atoms with Crippen molar-refractivity contribution in [1.82, 2.24) is 14.6 Å². The van der Waals surface area contributed by atoms with E-state index >= 15 is 0 Å². The van der Waals surface area contributed by atoms with Crippen LogP contribution in [0.3, 0.4) is 0 Å². The first-order valence-electron chi connectivity index (χ1n) is 9.69. The Morgan fingerprint density at radius 2 is 2.04 bits per heavy atom. The molecule has 0 amide bonds. The van der Waals surface area contributed by atoms with Crippen molar-refractivity contribution >= 4 is 17.4 Å². The molecule has 2 N–H and O–H groups in total. The standard InChI is InChI=1S/C21H26N4O2/c1-14-8-7-9-15(12-14)18-20(23-16-10-5-3-4-6-11-16)25-19(24-18)17(13-22-25)21(26)27-2/h7-9,12-13,16,22-23H,3-6,10-11H2,1-2H3. The number of benzene rings is 1. The number of methoxy groups -OCH3 is 1. The van der Waals surface area contributed by atoms with Crippen LogP contribution in [0.1, 0.15) is 54.4 Å². The number of aromatic amines is 1. The van der Waals surface area contributed by atoms with Crippen LogP contribution >= 0.6 is 0 Å². The number of aryl methyl sites for hydroxylation is 1. The predicted molar refractivity (Wildman–Crippen MR) is 106 cm³/mol. The van der Waals surface area contributed by atoms with Crippen molar-refractivity contribution in [3.8, 4) is 11.3 Å². The fraction of sp³-hybridized carbons (Fsp3) is 0.429. The zero-order valence-electron chi connectivity index (χ0n) is 15.9. The smallest absolute Gasteiger partial charge is 0.343 e. The first kappa shape index (κ1) is 17.6. The summed E-state index contributed by atoms with van der Waals surface area (Å²) in [6.45, 7) is 2.07. The molecule has 0 atom stereocenters. The third-order valence-electron chi connectivity index (χ3n) is 5.35. The number of esters is 1. The molecule has 142 valence electrons. The van der Waals surface area contributed by atoms with Crippen LogP contribution in [0.15, 0.2) is 30.5 Å². The molecule has 0 bridgehead atoms. The Balaban J connectivity index is 1.81. The quantitative estimate of drug-likeness (QED) is 0.524. The Morgan fingerprint density at radius 3 is 2.74 bits per heavy atom. The van der Waals surface area contributed by atoms with Gasteiger partial charge in [-0.25, -0.2) is 14.3 Å². The molecule has 0 radical (unpaired) electrons. The molecule has 0 saturated heterocycles. The Labute approximate surface area is 158 Å². The highest BCUT2D eigenvalue weighted by molar-refractivity contribution is 5.97. The summed E-state index contributed by atoms with van der Waals surface area (Å²) in [5, 5.41) is 6.89. The molecule has 0 spiro atoms. The maximum atomic E-state index is 12.1. The summed E-state index contributed by atoms with van der Waals surface area (Å²) in [5.41, 5.74) is 4.12. The minimum Gasteiger partial charge on any atom is -0.465 e. The van der Waals surface area contributed by atoms with Gasteiger partial charge in [-0.2, -0.15) is 0 Å². The average molecular weight is 366 g/mol. The molecule has 1 fully saturated rings. The molecule has 1 aliphatic carbocycles. The summed E-state index contributed by atoms with van der Waals surface area (Å²) in [5.74, 6) is 0.528. The average Bonchev–Trinajstić information content (AvgIpc) is 3.12. The minimum atomic E-state index is -0.386. The molecule has 2 heterocycles. The van der Waals surface area contributed by atoms with Gasteiger partial charge < -0.3 is 10.1 Å². The van der Waals surface area contributed by atoms with E-state index < -0.39 is 0 Å². The summed E-state index contributed by atoms with van der Waals surface area (Å²) in [7, 11) is 1.39. The normalized spacial score (nSPS) is 15.6. The molecular weight excluding hydrogens is 340 g/mol. The number of carbonyl (C=O) groups is 1. The van der Waals surface area contributed by atoms with Crippen molar-refractivity contribution in [3.63, 3.8) is 0 Å². The number of hydrogen-bond donors (Lipinski definition) is 2. The van der Waals surface area contributed by atoms with Gasteiger partial charge in [0, 0.05) is 17.8 Å². The summed E-state index contributed by atoms with van der Waals surface area (Å²) in [4.78, 5) is 16.9. The zero-order chi connectivity index (χ0) is 18.8. The highest BCUT2D eigenvalue weighted by atomic mass is 16.5. The van der Waals surface area contributed by atoms with Gasteiger partial charge in [-0.1, -0.05) is 49.4 Å². The molecule has 1 aliphatic rings. The number of carbonyl (C=O) groups excluding carboxylic acids is 1. The van der Waals surface area contributed by atoms with Crippen LogP contribution in [0, 0.1) is 6.92 Å². The van der Waals surface area contributed by atoms with Crippen molar-refractivity contribution in [1.29, 1.82) is 0 Å². The molecule has 4 rings (SSSR count). The van der Waals surface area contributed by atoms with Crippen LogP contribution < -0.4 is 5.32 Å². The number of ether oxygens (including phenoxy) is 1. The highest BCUT2D eigenvalue weighted by Gasteiger charge is 2.23. The van der Waals surface area contributed by atoms with Crippen molar-refractivity contribution in [2.45, 2.75) is 51.5 Å². The van der Waals surface area contributed by atoms with Gasteiger partial charge in [0.05, 0.1) is 7.11 Å².